The first kappa shape index (κ1) is 19.8. The summed E-state index contributed by atoms with van der Waals surface area (Å²) in [5, 5.41) is 13.7. The lowest BCUT2D eigenvalue weighted by Crippen LogP contribution is -1.85. The number of unbranched alkanes of at least 4 members (excludes halogenated alkanes) is 9. The molecule has 0 saturated heterocycles. The third-order valence-corrected chi connectivity index (χ3v) is 5.54. The molecule has 23 heavy (non-hydrogen) atoms. The van der Waals surface area contributed by atoms with Crippen molar-refractivity contribution in [1.29, 1.82) is 5.26 Å². The monoisotopic (exact) mass is 351 g/mol. The molecule has 0 saturated carbocycles. The maximum absolute atomic E-state index is 9.11. The minimum Gasteiger partial charge on any atom is -0.192 e. The number of nitriles is 1. The third-order valence-electron chi connectivity index (χ3n) is 3.63. The molecule has 1 aromatic rings. The molecule has 5 nitrogen and oxygen atoms in total. The van der Waals surface area contributed by atoms with Crippen LogP contribution in [-0.4, -0.2) is 10.1 Å². The van der Waals surface area contributed by atoms with Gasteiger partial charge in [0.1, 0.15) is 21.7 Å². The van der Waals surface area contributed by atoms with E-state index in [0.29, 0.717) is 15.6 Å². The highest BCUT2D eigenvalue weighted by Crippen LogP contribution is 2.33. The number of azide groups is 1. The van der Waals surface area contributed by atoms with Crippen LogP contribution >= 0.6 is 23.3 Å². The quantitative estimate of drug-likeness (QED) is 0.126. The predicted molar refractivity (Wildman–Crippen MR) is 98.2 cm³/mol. The molecule has 0 N–H and O–H groups in total. The van der Waals surface area contributed by atoms with Crippen molar-refractivity contribution in [2.24, 2.45) is 5.11 Å². The van der Waals surface area contributed by atoms with Gasteiger partial charge in [0.25, 0.3) is 0 Å². The van der Waals surface area contributed by atoms with Gasteiger partial charge < -0.3 is 0 Å². The Kier molecular flexibility index (Phi) is 11.4. The van der Waals surface area contributed by atoms with Crippen molar-refractivity contribution < 1.29 is 0 Å². The number of hydrogen-bond acceptors (Lipinski definition) is 5. The molecule has 0 aromatic carbocycles. The first-order chi connectivity index (χ1) is 11.3. The summed E-state index contributed by atoms with van der Waals surface area (Å²) in [7, 11) is 0. The fourth-order valence-electron chi connectivity index (χ4n) is 2.33. The van der Waals surface area contributed by atoms with Crippen molar-refractivity contribution in [1.82, 2.24) is 4.37 Å². The van der Waals surface area contributed by atoms with E-state index in [1.807, 2.05) is 0 Å². The van der Waals surface area contributed by atoms with Crippen LogP contribution in [0.3, 0.4) is 0 Å². The molecule has 0 aliphatic heterocycles. The number of nitrogens with zero attached hydrogens (tertiary/aromatic N) is 5. The Morgan fingerprint density at radius 1 is 1.13 bits per heavy atom. The summed E-state index contributed by atoms with van der Waals surface area (Å²) < 4.78 is 4.21. The second kappa shape index (κ2) is 13.2. The van der Waals surface area contributed by atoms with Gasteiger partial charge in [0.15, 0.2) is 0 Å². The lowest BCUT2D eigenvalue weighted by molar-refractivity contribution is 0.563. The molecular formula is C16H25N5S2. The van der Waals surface area contributed by atoms with Gasteiger partial charge in [-0.3, -0.25) is 0 Å². The van der Waals surface area contributed by atoms with Gasteiger partial charge in [-0.15, -0.1) is 11.8 Å². The number of rotatable bonds is 13. The van der Waals surface area contributed by atoms with E-state index in [1.54, 1.807) is 11.8 Å². The van der Waals surface area contributed by atoms with Crippen LogP contribution in [0.15, 0.2) is 10.1 Å². The van der Waals surface area contributed by atoms with Gasteiger partial charge in [0.05, 0.1) is 0 Å². The van der Waals surface area contributed by atoms with Crippen molar-refractivity contribution in [2.75, 3.05) is 5.75 Å². The van der Waals surface area contributed by atoms with E-state index >= 15 is 0 Å². The largest absolute Gasteiger partial charge is 0.192 e. The summed E-state index contributed by atoms with van der Waals surface area (Å²) in [5.74, 6) is 0.963. The van der Waals surface area contributed by atoms with Crippen LogP contribution in [0.4, 0.5) is 5.00 Å². The molecule has 0 amide bonds. The highest BCUT2D eigenvalue weighted by Gasteiger charge is 2.12. The predicted octanol–water partition coefficient (Wildman–Crippen LogP) is 6.97. The summed E-state index contributed by atoms with van der Waals surface area (Å²) in [4.78, 5) is 2.72. The minimum absolute atomic E-state index is 0.376. The van der Waals surface area contributed by atoms with Gasteiger partial charge in [-0.05, 0) is 34.4 Å². The molecule has 7 heteroatoms. The highest BCUT2D eigenvalue weighted by molar-refractivity contribution is 7.99. The van der Waals surface area contributed by atoms with Gasteiger partial charge in [-0.25, -0.2) is 0 Å². The molecule has 0 bridgehead atoms. The highest BCUT2D eigenvalue weighted by atomic mass is 32.2. The average Bonchev–Trinajstić information content (AvgIpc) is 2.95. The lowest BCUT2D eigenvalue weighted by Gasteiger charge is -2.02. The summed E-state index contributed by atoms with van der Waals surface area (Å²) in [5.41, 5.74) is 8.87. The second-order valence-electron chi connectivity index (χ2n) is 5.50. The maximum Gasteiger partial charge on any atom is 0.130 e. The van der Waals surface area contributed by atoms with Crippen LogP contribution < -0.4 is 0 Å². The zero-order valence-corrected chi connectivity index (χ0v) is 15.5. The Morgan fingerprint density at radius 2 is 1.74 bits per heavy atom. The van der Waals surface area contributed by atoms with Crippen molar-refractivity contribution in [3.63, 3.8) is 0 Å². The van der Waals surface area contributed by atoms with Crippen LogP contribution in [0, 0.1) is 11.3 Å². The van der Waals surface area contributed by atoms with E-state index in [4.69, 9.17) is 10.8 Å². The van der Waals surface area contributed by atoms with Gasteiger partial charge in [-0.2, -0.15) is 9.64 Å². The fraction of sp³-hybridized carbons (Fsp3) is 0.750. The smallest absolute Gasteiger partial charge is 0.130 e. The summed E-state index contributed by atoms with van der Waals surface area (Å²) in [6.07, 6.45) is 13.2. The molecule has 0 radical (unpaired) electrons. The topological polar surface area (TPSA) is 85.4 Å². The molecule has 0 atom stereocenters. The number of thioether (sulfide) groups is 1. The second-order valence-corrected chi connectivity index (χ2v) is 7.34. The molecule has 0 aliphatic rings. The Bertz CT molecular complexity index is 529. The van der Waals surface area contributed by atoms with Crippen molar-refractivity contribution in [2.45, 2.75) is 76.2 Å². The number of aromatic nitrogens is 1. The molecule has 1 aromatic heterocycles. The van der Waals surface area contributed by atoms with Crippen molar-refractivity contribution >= 4 is 28.3 Å². The van der Waals surface area contributed by atoms with E-state index in [1.165, 1.54) is 57.8 Å². The number of hydrogen-bond donors (Lipinski definition) is 0. The Morgan fingerprint density at radius 3 is 2.30 bits per heavy atom. The SMILES string of the molecule is CCCCCCCCCCCCSc1nsc(N=[N+]=[N-])c1C#N. The molecule has 0 spiro atoms. The van der Waals surface area contributed by atoms with Crippen molar-refractivity contribution in [3.05, 3.63) is 16.0 Å². The van der Waals surface area contributed by atoms with Crippen LogP contribution in [-0.2, 0) is 0 Å². The fourth-order valence-corrected chi connectivity index (χ4v) is 4.11. The standard InChI is InChI=1S/C16H25N5S2/c1-2-3-4-5-6-7-8-9-10-11-12-22-16-14(13-17)15(19-21-18)23-20-16/h2-12H2,1H3. The van der Waals surface area contributed by atoms with Gasteiger partial charge in [0.2, 0.25) is 0 Å². The normalized spacial score (nSPS) is 10.3. The van der Waals surface area contributed by atoms with Crippen molar-refractivity contribution in [3.8, 4) is 6.07 Å². The molecule has 1 rings (SSSR count). The Hall–Kier alpha value is -1.22. The first-order valence-corrected chi connectivity index (χ1v) is 10.2. The zero-order chi connectivity index (χ0) is 16.8. The van der Waals surface area contributed by atoms with E-state index in [-0.39, 0.29) is 0 Å². The van der Waals surface area contributed by atoms with Crippen LogP contribution in [0.2, 0.25) is 0 Å². The van der Waals surface area contributed by atoms with E-state index < -0.39 is 0 Å². The molecule has 0 fully saturated rings. The molecule has 0 unspecified atom stereocenters. The minimum atomic E-state index is 0.376. The van der Waals surface area contributed by atoms with Gasteiger partial charge in [0, 0.05) is 4.91 Å². The van der Waals surface area contributed by atoms with Crippen LogP contribution in [0.1, 0.15) is 76.7 Å². The van der Waals surface area contributed by atoms with E-state index in [0.717, 1.165) is 23.7 Å². The lowest BCUT2D eigenvalue weighted by atomic mass is 10.1. The summed E-state index contributed by atoms with van der Waals surface area (Å²) >= 11 is 2.68. The van der Waals surface area contributed by atoms with Crippen LogP contribution in [0.25, 0.3) is 10.4 Å². The summed E-state index contributed by atoms with van der Waals surface area (Å²) in [6.45, 7) is 2.25. The van der Waals surface area contributed by atoms with E-state index in [2.05, 4.69) is 27.4 Å². The summed E-state index contributed by atoms with van der Waals surface area (Å²) in [6, 6.07) is 2.08. The zero-order valence-electron chi connectivity index (χ0n) is 13.8. The third kappa shape index (κ3) is 8.26. The molecular weight excluding hydrogens is 326 g/mol. The van der Waals surface area contributed by atoms with Gasteiger partial charge >= 0.3 is 0 Å². The average molecular weight is 352 g/mol. The van der Waals surface area contributed by atoms with Crippen LogP contribution in [0.5, 0.6) is 0 Å². The first-order valence-electron chi connectivity index (χ1n) is 8.41. The Balaban J connectivity index is 2.07. The molecule has 0 aliphatic carbocycles. The van der Waals surface area contributed by atoms with E-state index in [9.17, 15) is 0 Å². The Labute approximate surface area is 147 Å². The molecule has 126 valence electrons. The maximum atomic E-state index is 9.11. The molecule has 1 heterocycles. The van der Waals surface area contributed by atoms with Gasteiger partial charge in [-0.1, -0.05) is 64.7 Å².